The lowest BCUT2D eigenvalue weighted by atomic mass is 10.3. The summed E-state index contributed by atoms with van der Waals surface area (Å²) in [7, 11) is 0. The monoisotopic (exact) mass is 342 g/mol. The first-order valence-corrected chi connectivity index (χ1v) is 7.49. The van der Waals surface area contributed by atoms with Crippen LogP contribution in [0.5, 0.6) is 0 Å². The van der Waals surface area contributed by atoms with Gasteiger partial charge in [0.15, 0.2) is 10.9 Å². The van der Waals surface area contributed by atoms with E-state index < -0.39 is 0 Å². The van der Waals surface area contributed by atoms with E-state index in [-0.39, 0.29) is 12.6 Å². The summed E-state index contributed by atoms with van der Waals surface area (Å²) >= 11 is 4.62. The number of aromatic nitrogens is 2. The molecule has 1 fully saturated rings. The highest BCUT2D eigenvalue weighted by Crippen LogP contribution is 2.40. The topological polar surface area (TPSA) is 80.0 Å². The number of hydrogen-bond acceptors (Lipinski definition) is 5. The van der Waals surface area contributed by atoms with Crippen molar-refractivity contribution in [3.05, 3.63) is 27.5 Å². The van der Waals surface area contributed by atoms with Crippen molar-refractivity contribution in [1.29, 1.82) is 0 Å². The predicted molar refractivity (Wildman–Crippen MR) is 74.2 cm³/mol. The van der Waals surface area contributed by atoms with E-state index >= 15 is 0 Å². The van der Waals surface area contributed by atoms with Crippen LogP contribution in [0.25, 0.3) is 0 Å². The summed E-state index contributed by atoms with van der Waals surface area (Å²) in [5, 5.41) is 11.7. The SMILES string of the molecule is O=C(NCc1cc(Br)no1)Nc1nc(C2CC2)cs1. The Bertz CT molecular complexity index is 593. The van der Waals surface area contributed by atoms with E-state index in [0.29, 0.717) is 21.4 Å². The van der Waals surface area contributed by atoms with Crippen molar-refractivity contribution in [1.82, 2.24) is 15.5 Å². The van der Waals surface area contributed by atoms with Crippen LogP contribution in [0.3, 0.4) is 0 Å². The number of anilines is 1. The Hall–Kier alpha value is -1.41. The second-order valence-corrected chi connectivity index (χ2v) is 5.95. The zero-order valence-electron chi connectivity index (χ0n) is 9.85. The lowest BCUT2D eigenvalue weighted by Gasteiger charge is -2.02. The van der Waals surface area contributed by atoms with Crippen LogP contribution in [0.1, 0.15) is 30.2 Å². The summed E-state index contributed by atoms with van der Waals surface area (Å²) in [6.45, 7) is 0.283. The molecule has 100 valence electrons. The standard InChI is InChI=1S/C11H11BrN4O2S/c12-9-3-7(18-16-9)4-13-10(17)15-11-14-8(5-19-11)6-1-2-6/h3,5-6H,1-2,4H2,(H2,13,14,15,17). The molecule has 0 unspecified atom stereocenters. The second-order valence-electron chi connectivity index (χ2n) is 4.28. The van der Waals surface area contributed by atoms with Gasteiger partial charge in [-0.15, -0.1) is 11.3 Å². The molecule has 0 aromatic carbocycles. The molecule has 2 aromatic rings. The minimum absolute atomic E-state index is 0.283. The van der Waals surface area contributed by atoms with Gasteiger partial charge < -0.3 is 9.84 Å². The molecule has 3 rings (SSSR count). The van der Waals surface area contributed by atoms with E-state index in [4.69, 9.17) is 4.52 Å². The third-order valence-corrected chi connectivity index (χ3v) is 3.84. The van der Waals surface area contributed by atoms with Gasteiger partial charge in [-0.25, -0.2) is 9.78 Å². The van der Waals surface area contributed by atoms with E-state index in [0.717, 1.165) is 5.69 Å². The maximum Gasteiger partial charge on any atom is 0.321 e. The summed E-state index contributed by atoms with van der Waals surface area (Å²) in [6.07, 6.45) is 2.41. The first-order valence-electron chi connectivity index (χ1n) is 5.82. The van der Waals surface area contributed by atoms with Gasteiger partial charge in [-0.3, -0.25) is 5.32 Å². The van der Waals surface area contributed by atoms with Gasteiger partial charge in [-0.2, -0.15) is 0 Å². The molecule has 0 atom stereocenters. The lowest BCUT2D eigenvalue weighted by Crippen LogP contribution is -2.27. The van der Waals surface area contributed by atoms with Gasteiger partial charge in [-0.05, 0) is 28.8 Å². The zero-order valence-corrected chi connectivity index (χ0v) is 12.3. The summed E-state index contributed by atoms with van der Waals surface area (Å²) in [4.78, 5) is 16.0. The van der Waals surface area contributed by atoms with Crippen LogP contribution in [0.2, 0.25) is 0 Å². The van der Waals surface area contributed by atoms with Crippen molar-refractivity contribution in [3.63, 3.8) is 0 Å². The fourth-order valence-corrected chi connectivity index (χ4v) is 2.70. The molecule has 0 aliphatic heterocycles. The average Bonchev–Trinajstić information content (AvgIpc) is 3.00. The highest BCUT2D eigenvalue weighted by molar-refractivity contribution is 9.10. The third kappa shape index (κ3) is 3.32. The van der Waals surface area contributed by atoms with Crippen molar-refractivity contribution in [3.8, 4) is 0 Å². The zero-order chi connectivity index (χ0) is 13.2. The number of amides is 2. The maximum absolute atomic E-state index is 11.7. The molecule has 0 saturated heterocycles. The van der Waals surface area contributed by atoms with E-state index in [1.165, 1.54) is 24.2 Å². The van der Waals surface area contributed by atoms with Crippen LogP contribution in [0.15, 0.2) is 20.6 Å². The summed E-state index contributed by atoms with van der Waals surface area (Å²) in [5.74, 6) is 1.18. The summed E-state index contributed by atoms with van der Waals surface area (Å²) in [5.41, 5.74) is 1.08. The van der Waals surface area contributed by atoms with Gasteiger partial charge in [0.05, 0.1) is 12.2 Å². The van der Waals surface area contributed by atoms with Crippen LogP contribution >= 0.6 is 27.3 Å². The molecule has 2 N–H and O–H groups in total. The lowest BCUT2D eigenvalue weighted by molar-refractivity contribution is 0.250. The minimum atomic E-state index is -0.302. The molecule has 0 spiro atoms. The van der Waals surface area contributed by atoms with Gasteiger partial charge in [0.2, 0.25) is 0 Å². The van der Waals surface area contributed by atoms with Gasteiger partial charge >= 0.3 is 6.03 Å². The first kappa shape index (κ1) is 12.6. The number of hydrogen-bond donors (Lipinski definition) is 2. The van der Waals surface area contributed by atoms with Crippen LogP contribution in [-0.2, 0) is 6.54 Å². The molecule has 0 radical (unpaired) electrons. The highest BCUT2D eigenvalue weighted by Gasteiger charge is 2.26. The average molecular weight is 343 g/mol. The molecule has 2 aromatic heterocycles. The molecule has 2 heterocycles. The number of thiazole rings is 1. The van der Waals surface area contributed by atoms with Gasteiger partial charge in [0, 0.05) is 17.4 Å². The highest BCUT2D eigenvalue weighted by atomic mass is 79.9. The van der Waals surface area contributed by atoms with E-state index in [9.17, 15) is 4.79 Å². The van der Waals surface area contributed by atoms with Gasteiger partial charge in [0.25, 0.3) is 0 Å². The largest absolute Gasteiger partial charge is 0.358 e. The molecule has 1 aliphatic carbocycles. The molecule has 0 bridgehead atoms. The number of carbonyl (C=O) groups excluding carboxylic acids is 1. The van der Waals surface area contributed by atoms with Gasteiger partial charge in [0.1, 0.15) is 4.60 Å². The molecule has 19 heavy (non-hydrogen) atoms. The summed E-state index contributed by atoms with van der Waals surface area (Å²) in [6, 6.07) is 1.40. The van der Waals surface area contributed by atoms with Gasteiger partial charge in [-0.1, -0.05) is 5.16 Å². The number of carbonyl (C=O) groups is 1. The Morgan fingerprint density at radius 1 is 1.58 bits per heavy atom. The van der Waals surface area contributed by atoms with E-state index in [2.05, 4.69) is 36.7 Å². The van der Waals surface area contributed by atoms with E-state index in [1.807, 2.05) is 5.38 Å². The molecule has 6 nitrogen and oxygen atoms in total. The summed E-state index contributed by atoms with van der Waals surface area (Å²) < 4.78 is 5.57. The smallest absolute Gasteiger partial charge is 0.321 e. The molecule has 1 saturated carbocycles. The quantitative estimate of drug-likeness (QED) is 0.894. The van der Waals surface area contributed by atoms with Crippen LogP contribution in [0, 0.1) is 0 Å². The van der Waals surface area contributed by atoms with Crippen LogP contribution in [0.4, 0.5) is 9.93 Å². The van der Waals surface area contributed by atoms with E-state index in [1.54, 1.807) is 6.07 Å². The number of urea groups is 1. The minimum Gasteiger partial charge on any atom is -0.358 e. The number of rotatable bonds is 4. The number of halogens is 1. The number of nitrogens with one attached hydrogen (secondary N) is 2. The predicted octanol–water partition coefficient (Wildman–Crippen LogP) is 3.09. The number of nitrogens with zero attached hydrogens (tertiary/aromatic N) is 2. The van der Waals surface area contributed by atoms with Crippen molar-refractivity contribution in [2.24, 2.45) is 0 Å². The van der Waals surface area contributed by atoms with Crippen molar-refractivity contribution in [2.75, 3.05) is 5.32 Å². The Balaban J connectivity index is 1.49. The maximum atomic E-state index is 11.7. The van der Waals surface area contributed by atoms with Crippen LogP contribution in [-0.4, -0.2) is 16.2 Å². The Labute approximate surface area is 121 Å². The molecular weight excluding hydrogens is 332 g/mol. The Kier molecular flexibility index (Phi) is 3.52. The van der Waals surface area contributed by atoms with Crippen molar-refractivity contribution >= 4 is 38.4 Å². The fraction of sp³-hybridized carbons (Fsp3) is 0.364. The second kappa shape index (κ2) is 5.30. The van der Waals surface area contributed by atoms with Crippen molar-refractivity contribution in [2.45, 2.75) is 25.3 Å². The normalized spacial score (nSPS) is 14.4. The molecule has 2 amide bonds. The fourth-order valence-electron chi connectivity index (χ4n) is 1.59. The Morgan fingerprint density at radius 3 is 3.11 bits per heavy atom. The molecule has 8 heteroatoms. The third-order valence-electron chi connectivity index (χ3n) is 2.69. The molecular formula is C11H11BrN4O2S. The van der Waals surface area contributed by atoms with Crippen molar-refractivity contribution < 1.29 is 9.32 Å². The Morgan fingerprint density at radius 2 is 2.42 bits per heavy atom. The van der Waals surface area contributed by atoms with Crippen LogP contribution < -0.4 is 10.6 Å². The first-order chi connectivity index (χ1) is 9.20. The molecule has 1 aliphatic rings.